The van der Waals surface area contributed by atoms with Crippen molar-refractivity contribution in [2.24, 2.45) is 7.05 Å². The molecule has 12 heteroatoms. The molecule has 0 fully saturated rings. The van der Waals surface area contributed by atoms with Crippen LogP contribution in [0.25, 0.3) is 22.2 Å². The number of nitrogens with zero attached hydrogens (tertiary/aromatic N) is 5. The molecule has 9 nitrogen and oxygen atoms in total. The summed E-state index contributed by atoms with van der Waals surface area (Å²) in [6.45, 7) is 1.09. The van der Waals surface area contributed by atoms with E-state index in [4.69, 9.17) is 4.74 Å². The maximum absolute atomic E-state index is 16.2. The van der Waals surface area contributed by atoms with Crippen molar-refractivity contribution >= 4 is 22.6 Å². The molecule has 0 aliphatic heterocycles. The molecule has 57 heavy (non-hydrogen) atoms. The molecule has 0 aliphatic rings. The zero-order chi connectivity index (χ0) is 39.7. The number of hydrogen-bond acceptors (Lipinski definition) is 5. The number of benzene rings is 6. The molecular weight excluding hydrogens is 730 g/mol. The number of ether oxygens (including phenoxy) is 1. The molecule has 2 aromatic heterocycles. The topological polar surface area (TPSA) is 96.0 Å². The molecular formula is C45H35F3N6O3. The van der Waals surface area contributed by atoms with Crippen molar-refractivity contribution in [2.75, 3.05) is 5.32 Å². The van der Waals surface area contributed by atoms with Gasteiger partial charge in [0.15, 0.2) is 17.4 Å². The lowest BCUT2D eigenvalue weighted by molar-refractivity contribution is -0.116. The van der Waals surface area contributed by atoms with Crippen LogP contribution in [0.2, 0.25) is 0 Å². The van der Waals surface area contributed by atoms with Crippen LogP contribution in [0, 0.1) is 24.4 Å². The van der Waals surface area contributed by atoms with E-state index in [1.165, 1.54) is 52.6 Å². The minimum atomic E-state index is -0.923. The number of carbonyl (C=O) groups excluding carboxylic acids is 1. The number of aryl methyl sites for hydroxylation is 2. The van der Waals surface area contributed by atoms with Crippen LogP contribution >= 0.6 is 0 Å². The highest BCUT2D eigenvalue weighted by atomic mass is 19.1. The highest BCUT2D eigenvalue weighted by Crippen LogP contribution is 2.42. The van der Waals surface area contributed by atoms with Crippen molar-refractivity contribution in [3.63, 3.8) is 0 Å². The standard InChI is InChI=1S/C45H35F3N6O3/c1-29-24-30(41-36(47)22-23-38-42(41)52(2)44(56)53(38)26-40(55)50-35-20-18-34(46)19-21-35)25-37(48)43(29)57-27-39-51-49-28-54(39)45(31-12-6-3-7-13-31,32-14-8-4-9-15-32)33-16-10-5-11-17-33/h3-25,28H,26-27H2,1-2H3,(H,50,55). The van der Waals surface area contributed by atoms with Gasteiger partial charge in [0.1, 0.15) is 36.7 Å². The number of fused-ring (bicyclic) bond motifs is 1. The first kappa shape index (κ1) is 36.8. The van der Waals surface area contributed by atoms with Gasteiger partial charge in [0.05, 0.1) is 11.0 Å². The lowest BCUT2D eigenvalue weighted by Crippen LogP contribution is -2.38. The van der Waals surface area contributed by atoms with E-state index in [1.807, 2.05) is 95.6 Å². The Morgan fingerprint density at radius 2 is 1.37 bits per heavy atom. The first-order valence-corrected chi connectivity index (χ1v) is 18.1. The molecule has 0 radical (unpaired) electrons. The van der Waals surface area contributed by atoms with Crippen molar-refractivity contribution in [2.45, 2.75) is 25.6 Å². The van der Waals surface area contributed by atoms with Crippen LogP contribution in [0.3, 0.4) is 0 Å². The van der Waals surface area contributed by atoms with Crippen LogP contribution in [0.5, 0.6) is 5.75 Å². The predicted molar refractivity (Wildman–Crippen MR) is 211 cm³/mol. The second-order valence-electron chi connectivity index (χ2n) is 13.6. The molecule has 0 spiro atoms. The van der Waals surface area contributed by atoms with E-state index in [-0.39, 0.29) is 34.5 Å². The Hall–Kier alpha value is -7.21. The molecule has 1 N–H and O–H groups in total. The lowest BCUT2D eigenvalue weighted by Gasteiger charge is -2.38. The van der Waals surface area contributed by atoms with Gasteiger partial charge in [0, 0.05) is 18.3 Å². The van der Waals surface area contributed by atoms with E-state index >= 15 is 8.78 Å². The molecule has 2 heterocycles. The van der Waals surface area contributed by atoms with Gasteiger partial charge in [-0.15, -0.1) is 10.2 Å². The summed E-state index contributed by atoms with van der Waals surface area (Å²) in [5, 5.41) is 11.4. The molecule has 0 bridgehead atoms. The second kappa shape index (κ2) is 15.1. The van der Waals surface area contributed by atoms with Gasteiger partial charge < -0.3 is 10.1 Å². The summed E-state index contributed by atoms with van der Waals surface area (Å²) in [4.78, 5) is 26.4. The third-order valence-corrected chi connectivity index (χ3v) is 10.1. The van der Waals surface area contributed by atoms with Crippen molar-refractivity contribution in [1.29, 1.82) is 0 Å². The van der Waals surface area contributed by atoms with E-state index in [0.717, 1.165) is 22.8 Å². The van der Waals surface area contributed by atoms with E-state index in [2.05, 4.69) is 15.5 Å². The zero-order valence-corrected chi connectivity index (χ0v) is 30.9. The number of rotatable bonds is 11. The average Bonchev–Trinajstić information content (AvgIpc) is 3.78. The molecule has 0 saturated heterocycles. The summed E-state index contributed by atoms with van der Waals surface area (Å²) in [5.74, 6) is -2.09. The SMILES string of the molecule is Cc1cc(-c2c(F)ccc3c2n(C)c(=O)n3CC(=O)Nc2ccc(F)cc2)cc(F)c1OCc1nncn1C(c1ccccc1)(c1ccccc1)c1ccccc1. The quantitative estimate of drug-likeness (QED) is 0.134. The van der Waals surface area contributed by atoms with Crippen molar-refractivity contribution < 1.29 is 22.7 Å². The second-order valence-corrected chi connectivity index (χ2v) is 13.6. The summed E-state index contributed by atoms with van der Waals surface area (Å²) >= 11 is 0. The Kier molecular flexibility index (Phi) is 9.76. The lowest BCUT2D eigenvalue weighted by atomic mass is 9.76. The van der Waals surface area contributed by atoms with Gasteiger partial charge in [0.25, 0.3) is 0 Å². The van der Waals surface area contributed by atoms with E-state index in [0.29, 0.717) is 17.1 Å². The molecule has 0 saturated carbocycles. The van der Waals surface area contributed by atoms with Gasteiger partial charge in [0.2, 0.25) is 5.91 Å². The van der Waals surface area contributed by atoms with Crippen molar-refractivity contribution in [3.05, 3.63) is 202 Å². The largest absolute Gasteiger partial charge is 0.482 e. The minimum Gasteiger partial charge on any atom is -0.482 e. The summed E-state index contributed by atoms with van der Waals surface area (Å²) in [5.41, 5.74) is 2.65. The van der Waals surface area contributed by atoms with Gasteiger partial charge in [-0.3, -0.25) is 18.5 Å². The summed E-state index contributed by atoms with van der Waals surface area (Å²) < 4.78 is 55.9. The fourth-order valence-corrected chi connectivity index (χ4v) is 7.58. The molecule has 0 aliphatic carbocycles. The van der Waals surface area contributed by atoms with Crippen molar-refractivity contribution in [3.8, 4) is 16.9 Å². The van der Waals surface area contributed by atoms with Crippen LogP contribution in [-0.4, -0.2) is 29.8 Å². The maximum atomic E-state index is 16.2. The summed E-state index contributed by atoms with van der Waals surface area (Å²) in [7, 11) is 1.46. The highest BCUT2D eigenvalue weighted by Gasteiger charge is 2.40. The van der Waals surface area contributed by atoms with Gasteiger partial charge >= 0.3 is 5.69 Å². The number of anilines is 1. The number of nitrogens with one attached hydrogen (secondary N) is 1. The Morgan fingerprint density at radius 3 is 1.95 bits per heavy atom. The number of imidazole rings is 1. The number of amides is 1. The molecule has 284 valence electrons. The van der Waals surface area contributed by atoms with E-state index in [9.17, 15) is 14.0 Å². The normalized spacial score (nSPS) is 11.5. The number of hydrogen-bond donors (Lipinski definition) is 1. The van der Waals surface area contributed by atoms with Crippen LogP contribution in [0.15, 0.2) is 151 Å². The Balaban J connectivity index is 1.14. The minimum absolute atomic E-state index is 0.0172. The number of halogens is 3. The summed E-state index contributed by atoms with van der Waals surface area (Å²) in [6, 6.07) is 40.5. The third-order valence-electron chi connectivity index (χ3n) is 10.1. The van der Waals surface area contributed by atoms with Gasteiger partial charge in [-0.05, 0) is 83.3 Å². The molecule has 8 rings (SSSR count). The van der Waals surface area contributed by atoms with Crippen LogP contribution in [0.4, 0.5) is 18.9 Å². The number of aromatic nitrogens is 5. The van der Waals surface area contributed by atoms with E-state index < -0.39 is 41.1 Å². The monoisotopic (exact) mass is 764 g/mol. The van der Waals surface area contributed by atoms with Crippen LogP contribution < -0.4 is 15.7 Å². The van der Waals surface area contributed by atoms with Crippen LogP contribution in [-0.2, 0) is 30.5 Å². The summed E-state index contributed by atoms with van der Waals surface area (Å²) in [6.07, 6.45) is 1.64. The molecule has 6 aromatic carbocycles. The molecule has 1 amide bonds. The zero-order valence-electron chi connectivity index (χ0n) is 30.9. The smallest absolute Gasteiger partial charge is 0.329 e. The Morgan fingerprint density at radius 1 is 0.772 bits per heavy atom. The van der Waals surface area contributed by atoms with Gasteiger partial charge in [-0.2, -0.15) is 0 Å². The fourth-order valence-electron chi connectivity index (χ4n) is 7.58. The Bertz CT molecular complexity index is 2660. The third kappa shape index (κ3) is 6.64. The van der Waals surface area contributed by atoms with Crippen molar-refractivity contribution in [1.82, 2.24) is 23.9 Å². The molecule has 8 aromatic rings. The number of carbonyl (C=O) groups is 1. The maximum Gasteiger partial charge on any atom is 0.329 e. The Labute approximate surface area is 325 Å². The average molecular weight is 765 g/mol. The first-order chi connectivity index (χ1) is 27.7. The van der Waals surface area contributed by atoms with E-state index in [1.54, 1.807) is 19.3 Å². The van der Waals surface area contributed by atoms with Gasteiger partial charge in [-0.25, -0.2) is 18.0 Å². The van der Waals surface area contributed by atoms with Crippen LogP contribution in [0.1, 0.15) is 28.1 Å². The first-order valence-electron chi connectivity index (χ1n) is 18.1. The fraction of sp³-hybridized carbons (Fsp3) is 0.111. The highest BCUT2D eigenvalue weighted by molar-refractivity contribution is 5.95. The van der Waals surface area contributed by atoms with Gasteiger partial charge in [-0.1, -0.05) is 91.0 Å². The molecule has 0 unspecified atom stereocenters. The molecule has 0 atom stereocenters. The predicted octanol–water partition coefficient (Wildman–Crippen LogP) is 8.38.